The summed E-state index contributed by atoms with van der Waals surface area (Å²) in [5.74, 6) is -3.25. The molecule has 0 N–H and O–H groups in total. The van der Waals surface area contributed by atoms with Crippen LogP contribution in [-0.4, -0.2) is 26.2 Å². The zero-order valence-corrected chi connectivity index (χ0v) is 17.6. The van der Waals surface area contributed by atoms with E-state index < -0.39 is 35.7 Å². The number of carbonyl (C=O) groups is 1. The molecule has 0 aliphatic heterocycles. The van der Waals surface area contributed by atoms with Gasteiger partial charge in [0.05, 0.1) is 17.3 Å². The Morgan fingerprint density at radius 2 is 1.77 bits per heavy atom. The summed E-state index contributed by atoms with van der Waals surface area (Å²) in [5, 5.41) is 0.235. The molecule has 0 radical (unpaired) electrons. The van der Waals surface area contributed by atoms with E-state index in [1.54, 1.807) is 37.3 Å². The molecule has 0 spiro atoms. The quantitative estimate of drug-likeness (QED) is 0.406. The first-order valence-electron chi connectivity index (χ1n) is 9.37. The molecule has 8 heteroatoms. The molecule has 0 saturated heterocycles. The summed E-state index contributed by atoms with van der Waals surface area (Å²) in [6, 6.07) is 12.9. The van der Waals surface area contributed by atoms with E-state index in [0.717, 1.165) is 12.1 Å². The number of halogens is 4. The lowest BCUT2D eigenvalue weighted by molar-refractivity contribution is -0.145. The minimum Gasteiger partial charge on any atom is -0.479 e. The Morgan fingerprint density at radius 1 is 1.03 bits per heavy atom. The Labute approximate surface area is 182 Å². The topological polar surface area (TPSA) is 38.8 Å². The van der Waals surface area contributed by atoms with Gasteiger partial charge < -0.3 is 14.4 Å². The molecule has 0 aliphatic rings. The number of nitrogens with zero attached hydrogens (tertiary/aromatic N) is 1. The van der Waals surface area contributed by atoms with Crippen molar-refractivity contribution < 1.29 is 27.4 Å². The number of anilines is 2. The largest absolute Gasteiger partial charge is 0.479 e. The third-order valence-electron chi connectivity index (χ3n) is 4.48. The van der Waals surface area contributed by atoms with Gasteiger partial charge in [-0.1, -0.05) is 29.8 Å². The second-order valence-electron chi connectivity index (χ2n) is 6.54. The fourth-order valence-corrected chi connectivity index (χ4v) is 3.26. The SMILES string of the molecule is CCOC(=O)COc1ccc(F)c(N(C)c2cc(-c3cccc(F)c3)ccc2Cl)c1F. The van der Waals surface area contributed by atoms with Crippen LogP contribution in [0.1, 0.15) is 6.92 Å². The summed E-state index contributed by atoms with van der Waals surface area (Å²) in [4.78, 5) is 12.7. The van der Waals surface area contributed by atoms with Crippen molar-refractivity contribution in [2.45, 2.75) is 6.92 Å². The van der Waals surface area contributed by atoms with Crippen molar-refractivity contribution in [3.8, 4) is 16.9 Å². The van der Waals surface area contributed by atoms with Crippen molar-refractivity contribution in [1.82, 2.24) is 0 Å². The number of carbonyl (C=O) groups excluding carboxylic acids is 1. The summed E-state index contributed by atoms with van der Waals surface area (Å²) in [6.45, 7) is 1.27. The van der Waals surface area contributed by atoms with Crippen LogP contribution in [0, 0.1) is 17.5 Å². The lowest BCUT2D eigenvalue weighted by Crippen LogP contribution is -2.17. The zero-order valence-electron chi connectivity index (χ0n) is 16.8. The van der Waals surface area contributed by atoms with Gasteiger partial charge >= 0.3 is 5.97 Å². The molecule has 4 nitrogen and oxygen atoms in total. The molecule has 3 aromatic rings. The second kappa shape index (κ2) is 9.75. The number of ether oxygens (including phenoxy) is 2. The van der Waals surface area contributed by atoms with E-state index in [-0.39, 0.29) is 17.4 Å². The van der Waals surface area contributed by atoms with Crippen LogP contribution < -0.4 is 9.64 Å². The lowest BCUT2D eigenvalue weighted by Gasteiger charge is -2.23. The van der Waals surface area contributed by atoms with Crippen LogP contribution in [0.25, 0.3) is 11.1 Å². The molecule has 0 heterocycles. The standard InChI is InChI=1S/C23H19ClF3NO3/c1-3-30-21(29)13-31-20-10-9-18(26)23(22(20)27)28(2)19-12-15(7-8-17(19)24)14-5-4-6-16(25)11-14/h4-12H,3,13H2,1-2H3. The molecule has 0 saturated carbocycles. The van der Waals surface area contributed by atoms with Gasteiger partial charge in [-0.2, -0.15) is 0 Å². The number of rotatable bonds is 7. The van der Waals surface area contributed by atoms with Crippen LogP contribution in [0.15, 0.2) is 54.6 Å². The predicted molar refractivity (Wildman–Crippen MR) is 113 cm³/mol. The minimum atomic E-state index is -1.00. The van der Waals surface area contributed by atoms with Crippen molar-refractivity contribution >= 4 is 28.9 Å². The van der Waals surface area contributed by atoms with Gasteiger partial charge in [0, 0.05) is 7.05 Å². The molecule has 0 atom stereocenters. The zero-order chi connectivity index (χ0) is 22.5. The van der Waals surface area contributed by atoms with Gasteiger partial charge in [-0.3, -0.25) is 0 Å². The van der Waals surface area contributed by atoms with E-state index in [1.165, 1.54) is 24.1 Å². The van der Waals surface area contributed by atoms with E-state index in [2.05, 4.69) is 0 Å². The molecule has 0 aromatic heterocycles. The van der Waals surface area contributed by atoms with Crippen LogP contribution in [0.5, 0.6) is 5.75 Å². The average Bonchev–Trinajstić information content (AvgIpc) is 2.73. The van der Waals surface area contributed by atoms with Gasteiger partial charge in [-0.15, -0.1) is 0 Å². The van der Waals surface area contributed by atoms with E-state index in [4.69, 9.17) is 21.1 Å². The van der Waals surface area contributed by atoms with Crippen LogP contribution >= 0.6 is 11.6 Å². The number of benzene rings is 3. The molecular formula is C23H19ClF3NO3. The Kier molecular flexibility index (Phi) is 7.07. The Balaban J connectivity index is 1.97. The van der Waals surface area contributed by atoms with Crippen LogP contribution in [0.3, 0.4) is 0 Å². The Morgan fingerprint density at radius 3 is 2.48 bits per heavy atom. The molecule has 31 heavy (non-hydrogen) atoms. The van der Waals surface area contributed by atoms with Crippen molar-refractivity contribution in [2.75, 3.05) is 25.2 Å². The number of hydrogen-bond donors (Lipinski definition) is 0. The lowest BCUT2D eigenvalue weighted by atomic mass is 10.0. The van der Waals surface area contributed by atoms with Crippen molar-refractivity contribution in [1.29, 1.82) is 0 Å². The molecule has 0 fully saturated rings. The molecule has 0 bridgehead atoms. The number of hydrogen-bond acceptors (Lipinski definition) is 4. The van der Waals surface area contributed by atoms with E-state index in [1.807, 2.05) is 0 Å². The highest BCUT2D eigenvalue weighted by Gasteiger charge is 2.22. The summed E-state index contributed by atoms with van der Waals surface area (Å²) in [6.07, 6.45) is 0. The third-order valence-corrected chi connectivity index (χ3v) is 4.80. The fourth-order valence-electron chi connectivity index (χ4n) is 3.02. The third kappa shape index (κ3) is 5.11. The predicted octanol–water partition coefficient (Wildman–Crippen LogP) is 6.13. The van der Waals surface area contributed by atoms with Gasteiger partial charge in [-0.25, -0.2) is 18.0 Å². The van der Waals surface area contributed by atoms with E-state index >= 15 is 4.39 Å². The molecule has 162 valence electrons. The van der Waals surface area contributed by atoms with Crippen molar-refractivity contribution in [2.24, 2.45) is 0 Å². The smallest absolute Gasteiger partial charge is 0.344 e. The summed E-state index contributed by atoms with van der Waals surface area (Å²) in [7, 11) is 1.44. The van der Waals surface area contributed by atoms with Crippen LogP contribution in [-0.2, 0) is 9.53 Å². The molecule has 3 aromatic carbocycles. The highest BCUT2D eigenvalue weighted by molar-refractivity contribution is 6.33. The molecular weight excluding hydrogens is 431 g/mol. The molecule has 0 unspecified atom stereocenters. The average molecular weight is 450 g/mol. The minimum absolute atomic E-state index is 0.155. The second-order valence-corrected chi connectivity index (χ2v) is 6.94. The highest BCUT2D eigenvalue weighted by atomic mass is 35.5. The molecule has 3 rings (SSSR count). The maximum Gasteiger partial charge on any atom is 0.344 e. The maximum absolute atomic E-state index is 15.1. The molecule has 0 aliphatic carbocycles. The van der Waals surface area contributed by atoms with E-state index in [0.29, 0.717) is 16.8 Å². The van der Waals surface area contributed by atoms with Crippen molar-refractivity contribution in [3.05, 3.63) is 77.1 Å². The van der Waals surface area contributed by atoms with Crippen LogP contribution in [0.4, 0.5) is 24.5 Å². The first-order chi connectivity index (χ1) is 14.8. The normalized spacial score (nSPS) is 10.6. The van der Waals surface area contributed by atoms with Gasteiger partial charge in [0.15, 0.2) is 18.2 Å². The van der Waals surface area contributed by atoms with E-state index in [9.17, 15) is 13.6 Å². The summed E-state index contributed by atoms with van der Waals surface area (Å²) in [5.41, 5.74) is 1.07. The number of esters is 1. The first kappa shape index (κ1) is 22.5. The van der Waals surface area contributed by atoms with Gasteiger partial charge in [0.2, 0.25) is 0 Å². The first-order valence-corrected chi connectivity index (χ1v) is 9.75. The maximum atomic E-state index is 15.1. The summed E-state index contributed by atoms with van der Waals surface area (Å²) < 4.78 is 53.1. The Bertz CT molecular complexity index is 1110. The van der Waals surface area contributed by atoms with Crippen molar-refractivity contribution in [3.63, 3.8) is 0 Å². The molecule has 0 amide bonds. The summed E-state index contributed by atoms with van der Waals surface area (Å²) >= 11 is 6.29. The van der Waals surface area contributed by atoms with Gasteiger partial charge in [0.1, 0.15) is 17.3 Å². The van der Waals surface area contributed by atoms with Gasteiger partial charge in [-0.05, 0) is 54.4 Å². The fraction of sp³-hybridized carbons (Fsp3) is 0.174. The highest BCUT2D eigenvalue weighted by Crippen LogP contribution is 2.39. The van der Waals surface area contributed by atoms with Gasteiger partial charge in [0.25, 0.3) is 0 Å². The monoisotopic (exact) mass is 449 g/mol. The Hall–Kier alpha value is -3.19. The van der Waals surface area contributed by atoms with Crippen LogP contribution in [0.2, 0.25) is 5.02 Å².